The number of hydrazine groups is 1. The lowest BCUT2D eigenvalue weighted by molar-refractivity contribution is -0.119. The third kappa shape index (κ3) is 5.15. The van der Waals surface area contributed by atoms with Crippen LogP contribution in [-0.2, 0) is 11.2 Å². The molecule has 2 N–H and O–H groups in total. The van der Waals surface area contributed by atoms with Crippen LogP contribution in [0.3, 0.4) is 0 Å². The second-order valence-corrected chi connectivity index (χ2v) is 7.28. The molecule has 0 saturated heterocycles. The van der Waals surface area contributed by atoms with Crippen LogP contribution in [0.2, 0.25) is 5.02 Å². The Balaban J connectivity index is 1.52. The summed E-state index contributed by atoms with van der Waals surface area (Å²) in [7, 11) is 0. The lowest BCUT2D eigenvalue weighted by Gasteiger charge is -2.09. The van der Waals surface area contributed by atoms with Gasteiger partial charge >= 0.3 is 0 Å². The predicted octanol–water partition coefficient (Wildman–Crippen LogP) is 3.64. The molecule has 0 aliphatic rings. The van der Waals surface area contributed by atoms with Crippen molar-refractivity contribution >= 4 is 35.2 Å². The van der Waals surface area contributed by atoms with Gasteiger partial charge in [-0.2, -0.15) is 0 Å². The van der Waals surface area contributed by atoms with E-state index in [9.17, 15) is 9.59 Å². The van der Waals surface area contributed by atoms with E-state index in [-0.39, 0.29) is 17.6 Å². The molecule has 8 heteroatoms. The average molecular weight is 415 g/mol. The summed E-state index contributed by atoms with van der Waals surface area (Å²) in [6, 6.07) is 14.6. The molecule has 0 bridgehead atoms. The Morgan fingerprint density at radius 1 is 1.14 bits per heavy atom. The van der Waals surface area contributed by atoms with E-state index in [0.29, 0.717) is 15.7 Å². The van der Waals surface area contributed by atoms with E-state index >= 15 is 0 Å². The minimum Gasteiger partial charge on any atom is -0.295 e. The molecule has 0 aliphatic heterocycles. The highest BCUT2D eigenvalue weighted by Crippen LogP contribution is 2.22. The number of aromatic nitrogens is 2. The van der Waals surface area contributed by atoms with E-state index < -0.39 is 0 Å². The normalized spacial score (nSPS) is 10.5. The summed E-state index contributed by atoms with van der Waals surface area (Å²) in [5.74, 6) is -0.585. The van der Waals surface area contributed by atoms with Crippen LogP contribution in [0.25, 0.3) is 5.69 Å². The summed E-state index contributed by atoms with van der Waals surface area (Å²) in [4.78, 5) is 28.4. The molecule has 28 heavy (non-hydrogen) atoms. The lowest BCUT2D eigenvalue weighted by Crippen LogP contribution is -2.42. The van der Waals surface area contributed by atoms with Crippen molar-refractivity contribution in [2.45, 2.75) is 18.5 Å². The summed E-state index contributed by atoms with van der Waals surface area (Å²) < 4.78 is 1.84. The molecule has 0 radical (unpaired) electrons. The summed E-state index contributed by atoms with van der Waals surface area (Å²) in [6.07, 6.45) is 4.36. The van der Waals surface area contributed by atoms with E-state index in [1.807, 2.05) is 41.8 Å². The van der Waals surface area contributed by atoms with Crippen LogP contribution >= 0.6 is 23.4 Å². The third-order valence-electron chi connectivity index (χ3n) is 3.97. The second-order valence-electron chi connectivity index (χ2n) is 5.90. The van der Waals surface area contributed by atoms with Gasteiger partial charge in [0.2, 0.25) is 5.91 Å². The third-order valence-corrected chi connectivity index (χ3v) is 5.17. The lowest BCUT2D eigenvalue weighted by atomic mass is 10.1. The van der Waals surface area contributed by atoms with Crippen LogP contribution in [0.1, 0.15) is 22.8 Å². The van der Waals surface area contributed by atoms with Gasteiger partial charge in [-0.1, -0.05) is 48.5 Å². The Hall–Kier alpha value is -2.77. The van der Waals surface area contributed by atoms with Gasteiger partial charge < -0.3 is 0 Å². The number of halogens is 1. The zero-order chi connectivity index (χ0) is 19.9. The summed E-state index contributed by atoms with van der Waals surface area (Å²) in [6.45, 7) is 2.05. The zero-order valence-corrected chi connectivity index (χ0v) is 16.8. The minimum absolute atomic E-state index is 0.104. The van der Waals surface area contributed by atoms with Crippen molar-refractivity contribution in [1.29, 1.82) is 0 Å². The predicted molar refractivity (Wildman–Crippen MR) is 111 cm³/mol. The van der Waals surface area contributed by atoms with Crippen molar-refractivity contribution in [1.82, 2.24) is 20.4 Å². The second kappa shape index (κ2) is 9.43. The van der Waals surface area contributed by atoms with Gasteiger partial charge in [0.25, 0.3) is 5.91 Å². The van der Waals surface area contributed by atoms with Crippen LogP contribution in [0, 0.1) is 0 Å². The van der Waals surface area contributed by atoms with Gasteiger partial charge in [-0.25, -0.2) is 4.98 Å². The largest absolute Gasteiger partial charge is 0.295 e. The first-order chi connectivity index (χ1) is 13.6. The molecule has 1 heterocycles. The number of amides is 2. The average Bonchev–Trinajstić information content (AvgIpc) is 3.19. The molecule has 3 rings (SSSR count). The zero-order valence-electron chi connectivity index (χ0n) is 15.2. The van der Waals surface area contributed by atoms with Gasteiger partial charge in [0.05, 0.1) is 5.75 Å². The number of hydrogen-bond donors (Lipinski definition) is 2. The van der Waals surface area contributed by atoms with Gasteiger partial charge in [-0.3, -0.25) is 25.0 Å². The topological polar surface area (TPSA) is 76.0 Å². The monoisotopic (exact) mass is 414 g/mol. The maximum Gasteiger partial charge on any atom is 0.269 e. The fourth-order valence-corrected chi connectivity index (χ4v) is 3.43. The van der Waals surface area contributed by atoms with E-state index in [1.54, 1.807) is 30.6 Å². The fourth-order valence-electron chi connectivity index (χ4n) is 2.48. The van der Waals surface area contributed by atoms with E-state index in [4.69, 9.17) is 11.6 Å². The molecule has 0 spiro atoms. The molecule has 1 aromatic heterocycles. The SMILES string of the molecule is CCc1ccc(C(=O)NNC(=O)CSc2nccn2-c2cccc(Cl)c2)cc1. The molecular weight excluding hydrogens is 396 g/mol. The molecule has 0 unspecified atom stereocenters. The Bertz CT molecular complexity index is 972. The van der Waals surface area contributed by atoms with Crippen LogP contribution in [0.5, 0.6) is 0 Å². The number of thioether (sulfide) groups is 1. The first kappa shape index (κ1) is 20.0. The van der Waals surface area contributed by atoms with Crippen molar-refractivity contribution in [3.8, 4) is 5.69 Å². The first-order valence-electron chi connectivity index (χ1n) is 8.67. The number of rotatable bonds is 6. The molecule has 0 aliphatic carbocycles. The molecule has 0 atom stereocenters. The van der Waals surface area contributed by atoms with Crippen molar-refractivity contribution in [2.24, 2.45) is 0 Å². The number of nitrogens with one attached hydrogen (secondary N) is 2. The number of carbonyl (C=O) groups excluding carboxylic acids is 2. The molecular formula is C20H19ClN4O2S. The number of imidazole rings is 1. The molecule has 144 valence electrons. The number of carbonyl (C=O) groups is 2. The van der Waals surface area contributed by atoms with Crippen molar-refractivity contribution < 1.29 is 9.59 Å². The summed E-state index contributed by atoms with van der Waals surface area (Å²) in [5.41, 5.74) is 7.34. The maximum atomic E-state index is 12.1. The number of aryl methyl sites for hydroxylation is 1. The van der Waals surface area contributed by atoms with Gasteiger partial charge in [0, 0.05) is 28.7 Å². The van der Waals surface area contributed by atoms with Crippen LogP contribution < -0.4 is 10.9 Å². The van der Waals surface area contributed by atoms with Crippen LogP contribution in [0.15, 0.2) is 66.1 Å². The molecule has 0 saturated carbocycles. The molecule has 3 aromatic rings. The van der Waals surface area contributed by atoms with E-state index in [0.717, 1.165) is 17.7 Å². The van der Waals surface area contributed by atoms with Crippen molar-refractivity contribution in [3.05, 3.63) is 77.1 Å². The number of nitrogens with zero attached hydrogens (tertiary/aromatic N) is 2. The smallest absolute Gasteiger partial charge is 0.269 e. The fraction of sp³-hybridized carbons (Fsp3) is 0.150. The summed E-state index contributed by atoms with van der Waals surface area (Å²) >= 11 is 7.30. The molecule has 0 fully saturated rings. The maximum absolute atomic E-state index is 12.1. The molecule has 6 nitrogen and oxygen atoms in total. The van der Waals surface area contributed by atoms with Crippen molar-refractivity contribution in [3.63, 3.8) is 0 Å². The van der Waals surface area contributed by atoms with Gasteiger partial charge in [0.1, 0.15) is 0 Å². The number of hydrogen-bond acceptors (Lipinski definition) is 4. The quantitative estimate of drug-likeness (QED) is 0.477. The van der Waals surface area contributed by atoms with Gasteiger partial charge in [-0.15, -0.1) is 0 Å². The highest BCUT2D eigenvalue weighted by molar-refractivity contribution is 7.99. The Morgan fingerprint density at radius 3 is 2.64 bits per heavy atom. The Kier molecular flexibility index (Phi) is 6.73. The number of benzene rings is 2. The Morgan fingerprint density at radius 2 is 1.93 bits per heavy atom. The van der Waals surface area contributed by atoms with Crippen LogP contribution in [0.4, 0.5) is 0 Å². The van der Waals surface area contributed by atoms with Gasteiger partial charge in [-0.05, 0) is 42.3 Å². The van der Waals surface area contributed by atoms with Crippen LogP contribution in [-0.4, -0.2) is 27.1 Å². The highest BCUT2D eigenvalue weighted by atomic mass is 35.5. The highest BCUT2D eigenvalue weighted by Gasteiger charge is 2.11. The summed E-state index contributed by atoms with van der Waals surface area (Å²) in [5, 5.41) is 1.27. The minimum atomic E-state index is -0.360. The molecule has 2 aromatic carbocycles. The first-order valence-corrected chi connectivity index (χ1v) is 10.0. The van der Waals surface area contributed by atoms with Gasteiger partial charge in [0.15, 0.2) is 5.16 Å². The standard InChI is InChI=1S/C20H19ClN4O2S/c1-2-14-6-8-15(9-7-14)19(27)24-23-18(26)13-28-20-22-10-11-25(20)17-5-3-4-16(21)12-17/h3-12H,2,13H2,1H3,(H,23,26)(H,24,27). The molecule has 2 amide bonds. The van der Waals surface area contributed by atoms with Crippen molar-refractivity contribution in [2.75, 3.05) is 5.75 Å². The van der Waals surface area contributed by atoms with E-state index in [2.05, 4.69) is 15.8 Å². The Labute approximate surface area is 172 Å². The van der Waals surface area contributed by atoms with E-state index in [1.165, 1.54) is 11.8 Å².